The van der Waals surface area contributed by atoms with Gasteiger partial charge in [-0.2, -0.15) is 9.35 Å². The predicted octanol–water partition coefficient (Wildman–Crippen LogP) is 4.41. The van der Waals surface area contributed by atoms with Crippen LogP contribution >= 0.6 is 0 Å². The molecule has 3 aliphatic rings. The first kappa shape index (κ1) is 28.2. The molecule has 43 heavy (non-hydrogen) atoms. The van der Waals surface area contributed by atoms with E-state index in [1.165, 1.54) is 44.7 Å². The summed E-state index contributed by atoms with van der Waals surface area (Å²) < 4.78 is 18.7. The average molecular weight is 601 g/mol. The number of piperidine rings is 1. The van der Waals surface area contributed by atoms with E-state index in [4.69, 9.17) is 15.0 Å². The van der Waals surface area contributed by atoms with E-state index < -0.39 is 9.73 Å². The first-order chi connectivity index (χ1) is 20.8. The predicted molar refractivity (Wildman–Crippen MR) is 173 cm³/mol. The van der Waals surface area contributed by atoms with E-state index in [2.05, 4.69) is 53.1 Å². The summed E-state index contributed by atoms with van der Waals surface area (Å²) in [6.45, 7) is 6.82. The summed E-state index contributed by atoms with van der Waals surface area (Å²) in [5.41, 5.74) is 3.09. The summed E-state index contributed by atoms with van der Waals surface area (Å²) in [6.07, 6.45) is 11.7. The van der Waals surface area contributed by atoms with Gasteiger partial charge in [-0.15, -0.1) is 0 Å². The first-order valence-corrected chi connectivity index (χ1v) is 17.6. The van der Waals surface area contributed by atoms with Crippen LogP contribution in [0.5, 0.6) is 0 Å². The minimum atomic E-state index is -2.33. The lowest BCUT2D eigenvalue weighted by atomic mass is 10.0. The second-order valence-corrected chi connectivity index (χ2v) is 14.9. The van der Waals surface area contributed by atoms with E-state index in [1.807, 2.05) is 30.6 Å². The minimum absolute atomic E-state index is 0.455. The SMILES string of the molecule is CN1CCN(C2CCN(c3ccc(Nc4ncc5cc(C6CC6)n(-c6cccc(N=S(C)(C)=O)n6)c5n4)nc3)CC2)CC1. The molecule has 0 bridgehead atoms. The van der Waals surface area contributed by atoms with Gasteiger partial charge in [-0.1, -0.05) is 6.07 Å². The summed E-state index contributed by atoms with van der Waals surface area (Å²) in [7, 11) is -0.111. The maximum absolute atomic E-state index is 12.3. The highest BCUT2D eigenvalue weighted by atomic mass is 32.2. The topological polar surface area (TPSA) is 108 Å². The quantitative estimate of drug-likeness (QED) is 0.330. The molecule has 3 fully saturated rings. The van der Waals surface area contributed by atoms with E-state index >= 15 is 0 Å². The number of rotatable bonds is 7. The second-order valence-electron chi connectivity index (χ2n) is 12.4. The van der Waals surface area contributed by atoms with Crippen molar-refractivity contribution in [2.45, 2.75) is 37.6 Å². The van der Waals surface area contributed by atoms with Crippen LogP contribution in [0.2, 0.25) is 0 Å². The summed E-state index contributed by atoms with van der Waals surface area (Å²) in [5, 5.41) is 4.26. The van der Waals surface area contributed by atoms with Gasteiger partial charge in [-0.3, -0.25) is 9.47 Å². The Kier molecular flexibility index (Phi) is 7.52. The summed E-state index contributed by atoms with van der Waals surface area (Å²) >= 11 is 0. The van der Waals surface area contributed by atoms with Crippen molar-refractivity contribution in [2.24, 2.45) is 4.36 Å². The molecule has 0 amide bonds. The van der Waals surface area contributed by atoms with E-state index in [0.717, 1.165) is 42.7 Å². The van der Waals surface area contributed by atoms with Crippen molar-refractivity contribution in [1.29, 1.82) is 0 Å². The standard InChI is InChI=1S/C31H40N10OS/c1-38-15-17-40(18-16-38)24-11-13-39(14-12-24)25-9-10-27(32-21-25)35-31-33-20-23-19-26(22-7-8-22)41(30(23)36-31)29-6-4-5-28(34-29)37-43(2,3)42/h4-6,9-10,19-22,24H,7-8,11-18H2,1-3H3,(H,32,33,35,36). The molecule has 4 aromatic heterocycles. The molecule has 11 nitrogen and oxygen atoms in total. The molecule has 4 aromatic rings. The number of piperazine rings is 1. The van der Waals surface area contributed by atoms with Gasteiger partial charge >= 0.3 is 0 Å². The Morgan fingerprint density at radius 1 is 0.907 bits per heavy atom. The van der Waals surface area contributed by atoms with Gasteiger partial charge in [0.15, 0.2) is 11.5 Å². The Bertz CT molecular complexity index is 1720. The van der Waals surface area contributed by atoms with E-state index in [1.54, 1.807) is 18.6 Å². The molecule has 1 saturated carbocycles. The van der Waals surface area contributed by atoms with Crippen molar-refractivity contribution in [3.05, 3.63) is 54.5 Å². The van der Waals surface area contributed by atoms with Gasteiger partial charge in [-0.25, -0.2) is 19.2 Å². The largest absolute Gasteiger partial charge is 0.370 e. The number of fused-ring (bicyclic) bond motifs is 1. The molecular weight excluding hydrogens is 560 g/mol. The number of hydrogen-bond acceptors (Lipinski definition) is 10. The number of nitrogens with zero attached hydrogens (tertiary/aromatic N) is 9. The molecule has 0 atom stereocenters. The third kappa shape index (κ3) is 6.36. The molecule has 0 spiro atoms. The van der Waals surface area contributed by atoms with Crippen molar-refractivity contribution in [3.63, 3.8) is 0 Å². The van der Waals surface area contributed by atoms with Crippen molar-refractivity contribution < 1.29 is 4.21 Å². The zero-order chi connectivity index (χ0) is 29.6. The van der Waals surface area contributed by atoms with Crippen LogP contribution in [0, 0.1) is 0 Å². The summed E-state index contributed by atoms with van der Waals surface area (Å²) in [4.78, 5) is 26.5. The van der Waals surface area contributed by atoms with E-state index in [0.29, 0.717) is 35.4 Å². The van der Waals surface area contributed by atoms with Crippen molar-refractivity contribution in [3.8, 4) is 5.82 Å². The van der Waals surface area contributed by atoms with Crippen LogP contribution in [0.1, 0.15) is 37.3 Å². The summed E-state index contributed by atoms with van der Waals surface area (Å²) in [6, 6.07) is 12.6. The van der Waals surface area contributed by atoms with Crippen molar-refractivity contribution in [1.82, 2.24) is 34.3 Å². The van der Waals surface area contributed by atoms with Gasteiger partial charge in [0.2, 0.25) is 5.95 Å². The van der Waals surface area contributed by atoms with Crippen LogP contribution in [0.3, 0.4) is 0 Å². The van der Waals surface area contributed by atoms with Crippen molar-refractivity contribution in [2.75, 3.05) is 69.0 Å². The molecule has 0 unspecified atom stereocenters. The maximum atomic E-state index is 12.3. The van der Waals surface area contributed by atoms with Gasteiger partial charge in [0, 0.05) is 84.8 Å². The minimum Gasteiger partial charge on any atom is -0.370 e. The lowest BCUT2D eigenvalue weighted by Gasteiger charge is -2.42. The van der Waals surface area contributed by atoms with E-state index in [-0.39, 0.29) is 0 Å². The third-order valence-corrected chi connectivity index (χ3v) is 9.33. The van der Waals surface area contributed by atoms with Crippen LogP contribution in [0.25, 0.3) is 16.9 Å². The number of aromatic nitrogens is 5. The number of anilines is 3. The molecule has 0 radical (unpaired) electrons. The van der Waals surface area contributed by atoms with Gasteiger partial charge < -0.3 is 15.1 Å². The molecule has 1 N–H and O–H groups in total. The lowest BCUT2D eigenvalue weighted by molar-refractivity contribution is 0.0982. The highest BCUT2D eigenvalue weighted by molar-refractivity contribution is 7.92. The molecule has 2 saturated heterocycles. The van der Waals surface area contributed by atoms with Crippen LogP contribution in [-0.4, -0.2) is 103 Å². The zero-order valence-corrected chi connectivity index (χ0v) is 26.0. The molecule has 226 valence electrons. The van der Waals surface area contributed by atoms with Crippen LogP contribution in [0.4, 0.5) is 23.3 Å². The molecule has 1 aliphatic carbocycles. The fourth-order valence-corrected chi connectivity index (χ4v) is 6.79. The smallest absolute Gasteiger partial charge is 0.230 e. The van der Waals surface area contributed by atoms with Crippen LogP contribution in [0.15, 0.2) is 53.2 Å². The van der Waals surface area contributed by atoms with Gasteiger partial charge in [0.1, 0.15) is 11.6 Å². The van der Waals surface area contributed by atoms with Crippen LogP contribution < -0.4 is 10.2 Å². The molecule has 0 aromatic carbocycles. The third-order valence-electron chi connectivity index (χ3n) is 8.70. The van der Waals surface area contributed by atoms with Crippen molar-refractivity contribution >= 4 is 44.0 Å². The Morgan fingerprint density at radius 3 is 2.40 bits per heavy atom. The highest BCUT2D eigenvalue weighted by Gasteiger charge is 2.30. The normalized spacial score (nSPS) is 19.2. The molecule has 7 rings (SSSR count). The fourth-order valence-electron chi connectivity index (χ4n) is 6.24. The maximum Gasteiger partial charge on any atom is 0.230 e. The Labute approximate surface area is 253 Å². The monoisotopic (exact) mass is 600 g/mol. The van der Waals surface area contributed by atoms with E-state index in [9.17, 15) is 4.21 Å². The van der Waals surface area contributed by atoms with Gasteiger partial charge in [-0.05, 0) is 69.0 Å². The Balaban J connectivity index is 1.08. The number of hydrogen-bond donors (Lipinski definition) is 1. The number of pyridine rings is 2. The Hall–Kier alpha value is -3.61. The first-order valence-electron chi connectivity index (χ1n) is 15.2. The lowest BCUT2D eigenvalue weighted by Crippen LogP contribution is -2.52. The van der Waals surface area contributed by atoms with Gasteiger partial charge in [0.25, 0.3) is 0 Å². The molecular formula is C31H40N10OS. The summed E-state index contributed by atoms with van der Waals surface area (Å²) in [5.74, 6) is 2.82. The molecule has 12 heteroatoms. The average Bonchev–Trinajstić information content (AvgIpc) is 3.77. The molecule has 6 heterocycles. The van der Waals surface area contributed by atoms with Crippen LogP contribution in [-0.2, 0) is 9.73 Å². The zero-order valence-electron chi connectivity index (χ0n) is 25.2. The fraction of sp³-hybridized carbons (Fsp3) is 0.484. The number of nitrogens with one attached hydrogen (secondary N) is 1. The molecule has 2 aliphatic heterocycles. The highest BCUT2D eigenvalue weighted by Crippen LogP contribution is 2.43. The van der Waals surface area contributed by atoms with Gasteiger partial charge in [0.05, 0.1) is 11.9 Å². The Morgan fingerprint density at radius 2 is 1.70 bits per heavy atom. The number of likely N-dealkylation sites (N-methyl/N-ethyl adjacent to an activating group) is 1. The second kappa shape index (κ2) is 11.5.